The number of rotatable bonds is 6. The van der Waals surface area contributed by atoms with Gasteiger partial charge in [0.2, 0.25) is 0 Å². The standard InChI is InChI=1S/C16H18ClNOS/c1-18-13(9-12-5-4-6-14(19)10-12)11-20-16-8-3-2-7-15(16)17/h2-8,10,13,18-19H,9,11H2,1H3. The van der Waals surface area contributed by atoms with Crippen LogP contribution in [0.1, 0.15) is 5.56 Å². The van der Waals surface area contributed by atoms with Crippen LogP contribution in [0.5, 0.6) is 5.75 Å². The van der Waals surface area contributed by atoms with Crippen molar-refractivity contribution in [2.45, 2.75) is 17.4 Å². The maximum absolute atomic E-state index is 9.50. The zero-order valence-corrected chi connectivity index (χ0v) is 12.9. The number of phenolic OH excluding ortho intramolecular Hbond substituents is 1. The zero-order chi connectivity index (χ0) is 14.4. The second kappa shape index (κ2) is 7.58. The van der Waals surface area contributed by atoms with Gasteiger partial charge in [-0.3, -0.25) is 0 Å². The molecule has 0 amide bonds. The fourth-order valence-electron chi connectivity index (χ4n) is 1.96. The van der Waals surface area contributed by atoms with E-state index in [4.69, 9.17) is 11.6 Å². The number of nitrogens with one attached hydrogen (secondary N) is 1. The third kappa shape index (κ3) is 4.44. The molecular formula is C16H18ClNOS. The normalized spacial score (nSPS) is 12.3. The molecule has 2 rings (SSSR count). The van der Waals surface area contributed by atoms with Gasteiger partial charge in [-0.2, -0.15) is 0 Å². The second-order valence-electron chi connectivity index (χ2n) is 4.60. The molecule has 2 N–H and O–H groups in total. The lowest BCUT2D eigenvalue weighted by Gasteiger charge is -2.16. The lowest BCUT2D eigenvalue weighted by atomic mass is 10.1. The number of likely N-dealkylation sites (N-methyl/N-ethyl adjacent to an activating group) is 1. The third-order valence-electron chi connectivity index (χ3n) is 3.08. The summed E-state index contributed by atoms with van der Waals surface area (Å²) in [6.07, 6.45) is 0.877. The van der Waals surface area contributed by atoms with Gasteiger partial charge in [-0.1, -0.05) is 35.9 Å². The summed E-state index contributed by atoms with van der Waals surface area (Å²) >= 11 is 7.90. The van der Waals surface area contributed by atoms with Crippen LogP contribution in [0.2, 0.25) is 5.02 Å². The first-order valence-corrected chi connectivity index (χ1v) is 7.88. The first kappa shape index (κ1) is 15.2. The zero-order valence-electron chi connectivity index (χ0n) is 11.3. The van der Waals surface area contributed by atoms with Crippen LogP contribution in [0.15, 0.2) is 53.4 Å². The minimum absolute atomic E-state index is 0.316. The van der Waals surface area contributed by atoms with Gasteiger partial charge in [-0.15, -0.1) is 11.8 Å². The number of hydrogen-bond acceptors (Lipinski definition) is 3. The van der Waals surface area contributed by atoms with Crippen molar-refractivity contribution in [3.05, 3.63) is 59.1 Å². The molecule has 0 heterocycles. The van der Waals surface area contributed by atoms with E-state index in [2.05, 4.69) is 5.32 Å². The minimum atomic E-state index is 0.316. The highest BCUT2D eigenvalue weighted by Crippen LogP contribution is 2.27. The average molecular weight is 308 g/mol. The molecule has 1 unspecified atom stereocenters. The van der Waals surface area contributed by atoms with Crippen LogP contribution < -0.4 is 5.32 Å². The van der Waals surface area contributed by atoms with E-state index in [-0.39, 0.29) is 0 Å². The van der Waals surface area contributed by atoms with Gasteiger partial charge in [0, 0.05) is 16.7 Å². The number of benzene rings is 2. The Morgan fingerprint density at radius 2 is 2.00 bits per heavy atom. The quantitative estimate of drug-likeness (QED) is 0.792. The predicted molar refractivity (Wildman–Crippen MR) is 86.8 cm³/mol. The molecule has 0 saturated carbocycles. The first-order chi connectivity index (χ1) is 9.69. The Labute approximate surface area is 129 Å². The van der Waals surface area contributed by atoms with E-state index < -0.39 is 0 Å². The van der Waals surface area contributed by atoms with Crippen LogP contribution in [-0.4, -0.2) is 23.9 Å². The molecule has 4 heteroatoms. The van der Waals surface area contributed by atoms with Crippen LogP contribution in [0.4, 0.5) is 0 Å². The molecule has 0 radical (unpaired) electrons. The molecule has 0 fully saturated rings. The molecule has 0 aliphatic rings. The Kier molecular flexibility index (Phi) is 5.77. The van der Waals surface area contributed by atoms with Gasteiger partial charge in [0.1, 0.15) is 5.75 Å². The van der Waals surface area contributed by atoms with Crippen molar-refractivity contribution in [1.29, 1.82) is 0 Å². The number of thioether (sulfide) groups is 1. The Morgan fingerprint density at radius 3 is 2.70 bits per heavy atom. The predicted octanol–water partition coefficient (Wildman–Crippen LogP) is 3.97. The van der Waals surface area contributed by atoms with Crippen LogP contribution in [0.25, 0.3) is 0 Å². The summed E-state index contributed by atoms with van der Waals surface area (Å²) in [6.45, 7) is 0. The largest absolute Gasteiger partial charge is 0.508 e. The summed E-state index contributed by atoms with van der Waals surface area (Å²) < 4.78 is 0. The number of halogens is 1. The molecule has 0 aliphatic heterocycles. The van der Waals surface area contributed by atoms with Gasteiger partial charge in [0.05, 0.1) is 5.02 Å². The van der Waals surface area contributed by atoms with Gasteiger partial charge in [0.25, 0.3) is 0 Å². The molecule has 0 aliphatic carbocycles. The number of aromatic hydroxyl groups is 1. The number of phenols is 1. The van der Waals surface area contributed by atoms with Crippen LogP contribution >= 0.6 is 23.4 Å². The van der Waals surface area contributed by atoms with E-state index in [0.717, 1.165) is 27.7 Å². The molecule has 0 spiro atoms. The van der Waals surface area contributed by atoms with Crippen LogP contribution in [-0.2, 0) is 6.42 Å². The Morgan fingerprint density at radius 1 is 1.20 bits per heavy atom. The SMILES string of the molecule is CNC(CSc1ccccc1Cl)Cc1cccc(O)c1. The first-order valence-electron chi connectivity index (χ1n) is 6.51. The lowest BCUT2D eigenvalue weighted by molar-refractivity contribution is 0.474. The average Bonchev–Trinajstić information content (AvgIpc) is 2.45. The minimum Gasteiger partial charge on any atom is -0.508 e. The van der Waals surface area contributed by atoms with Crippen molar-refractivity contribution in [3.8, 4) is 5.75 Å². The van der Waals surface area contributed by atoms with Crippen LogP contribution in [0, 0.1) is 0 Å². The van der Waals surface area contributed by atoms with E-state index in [1.165, 1.54) is 0 Å². The highest BCUT2D eigenvalue weighted by molar-refractivity contribution is 7.99. The molecule has 2 aromatic rings. The Bertz CT molecular complexity index is 562. The summed E-state index contributed by atoms with van der Waals surface area (Å²) in [5.74, 6) is 1.24. The summed E-state index contributed by atoms with van der Waals surface area (Å²) in [7, 11) is 1.96. The highest BCUT2D eigenvalue weighted by atomic mass is 35.5. The summed E-state index contributed by atoms with van der Waals surface area (Å²) in [5, 5.41) is 13.6. The van der Waals surface area contributed by atoms with Crippen molar-refractivity contribution in [1.82, 2.24) is 5.32 Å². The van der Waals surface area contributed by atoms with Gasteiger partial charge < -0.3 is 10.4 Å². The lowest BCUT2D eigenvalue weighted by Crippen LogP contribution is -2.30. The van der Waals surface area contributed by atoms with Gasteiger partial charge in [0.15, 0.2) is 0 Å². The maximum Gasteiger partial charge on any atom is 0.115 e. The molecule has 2 aromatic carbocycles. The molecule has 2 nitrogen and oxygen atoms in total. The van der Waals surface area contributed by atoms with E-state index in [1.54, 1.807) is 17.8 Å². The van der Waals surface area contributed by atoms with E-state index in [9.17, 15) is 5.11 Å². The van der Waals surface area contributed by atoms with Gasteiger partial charge in [-0.05, 0) is 43.3 Å². The number of hydrogen-bond donors (Lipinski definition) is 2. The molecular weight excluding hydrogens is 290 g/mol. The van der Waals surface area contributed by atoms with Crippen molar-refractivity contribution >= 4 is 23.4 Å². The fraction of sp³-hybridized carbons (Fsp3) is 0.250. The Balaban J connectivity index is 1.94. The van der Waals surface area contributed by atoms with Crippen molar-refractivity contribution < 1.29 is 5.11 Å². The summed E-state index contributed by atoms with van der Waals surface area (Å²) in [4.78, 5) is 1.10. The molecule has 0 bridgehead atoms. The fourth-order valence-corrected chi connectivity index (χ4v) is 3.31. The van der Waals surface area contributed by atoms with Crippen molar-refractivity contribution in [3.63, 3.8) is 0 Å². The monoisotopic (exact) mass is 307 g/mol. The van der Waals surface area contributed by atoms with E-state index in [1.807, 2.05) is 49.5 Å². The Hall–Kier alpha value is -1.16. The van der Waals surface area contributed by atoms with Crippen LogP contribution in [0.3, 0.4) is 0 Å². The highest BCUT2D eigenvalue weighted by Gasteiger charge is 2.09. The second-order valence-corrected chi connectivity index (χ2v) is 6.07. The molecule has 0 aromatic heterocycles. The third-order valence-corrected chi connectivity index (χ3v) is 4.76. The van der Waals surface area contributed by atoms with Crippen molar-refractivity contribution in [2.24, 2.45) is 0 Å². The smallest absolute Gasteiger partial charge is 0.115 e. The van der Waals surface area contributed by atoms with Crippen molar-refractivity contribution in [2.75, 3.05) is 12.8 Å². The molecule has 20 heavy (non-hydrogen) atoms. The van der Waals surface area contributed by atoms with E-state index in [0.29, 0.717) is 11.8 Å². The van der Waals surface area contributed by atoms with Gasteiger partial charge in [-0.25, -0.2) is 0 Å². The maximum atomic E-state index is 9.50. The molecule has 1 atom stereocenters. The topological polar surface area (TPSA) is 32.3 Å². The molecule has 106 valence electrons. The summed E-state index contributed by atoms with van der Waals surface area (Å²) in [6, 6.07) is 15.6. The van der Waals surface area contributed by atoms with E-state index >= 15 is 0 Å². The summed E-state index contributed by atoms with van der Waals surface area (Å²) in [5.41, 5.74) is 1.13. The molecule has 0 saturated heterocycles. The van der Waals surface area contributed by atoms with Gasteiger partial charge >= 0.3 is 0 Å².